The van der Waals surface area contributed by atoms with Crippen LogP contribution in [0.4, 0.5) is 0 Å². The molecule has 4 rings (SSSR count). The van der Waals surface area contributed by atoms with Gasteiger partial charge in [-0.05, 0) is 37.1 Å². The third-order valence-corrected chi connectivity index (χ3v) is 6.24. The van der Waals surface area contributed by atoms with Crippen molar-refractivity contribution in [3.63, 3.8) is 0 Å². The van der Waals surface area contributed by atoms with Crippen molar-refractivity contribution < 1.29 is 9.47 Å². The van der Waals surface area contributed by atoms with E-state index < -0.39 is 0 Å². The molecule has 1 aromatic carbocycles. The molecule has 1 aliphatic rings. The van der Waals surface area contributed by atoms with Gasteiger partial charge in [-0.3, -0.25) is 4.90 Å². The fraction of sp³-hybridized carbons (Fsp3) is 0.381. The van der Waals surface area contributed by atoms with E-state index >= 15 is 0 Å². The van der Waals surface area contributed by atoms with Gasteiger partial charge in [0.2, 0.25) is 0 Å². The Hall–Kier alpha value is -2.15. The van der Waals surface area contributed by atoms with E-state index in [-0.39, 0.29) is 6.10 Å². The van der Waals surface area contributed by atoms with Crippen molar-refractivity contribution in [2.24, 2.45) is 0 Å². The Morgan fingerprint density at radius 3 is 2.96 bits per heavy atom. The molecule has 1 atom stereocenters. The number of benzene rings is 1. The SMILES string of the molecule is COc1ccc2[nH]cc(C3=CCN(Cc4csc(C(C)OC)n4)CC3)c2c1. The van der Waals surface area contributed by atoms with Gasteiger partial charge in [-0.2, -0.15) is 0 Å². The lowest BCUT2D eigenvalue weighted by Crippen LogP contribution is -2.28. The van der Waals surface area contributed by atoms with Crippen molar-refractivity contribution in [1.29, 1.82) is 0 Å². The molecule has 0 saturated heterocycles. The maximum absolute atomic E-state index is 5.39. The van der Waals surface area contributed by atoms with Crippen LogP contribution >= 0.6 is 11.3 Å². The number of rotatable bonds is 6. The normalized spacial score (nSPS) is 16.5. The van der Waals surface area contributed by atoms with Crippen LogP contribution in [0, 0.1) is 0 Å². The molecule has 6 heteroatoms. The van der Waals surface area contributed by atoms with Gasteiger partial charge in [-0.15, -0.1) is 11.3 Å². The molecule has 3 aromatic rings. The highest BCUT2D eigenvalue weighted by atomic mass is 32.1. The molecule has 0 bridgehead atoms. The number of nitrogens with one attached hydrogen (secondary N) is 1. The van der Waals surface area contributed by atoms with Gasteiger partial charge >= 0.3 is 0 Å². The van der Waals surface area contributed by atoms with Gasteiger partial charge in [0.15, 0.2) is 0 Å². The van der Waals surface area contributed by atoms with E-state index in [2.05, 4.69) is 39.7 Å². The third kappa shape index (κ3) is 3.78. The molecule has 1 N–H and O–H groups in total. The summed E-state index contributed by atoms with van der Waals surface area (Å²) in [6.07, 6.45) is 5.56. The van der Waals surface area contributed by atoms with Crippen LogP contribution in [0.2, 0.25) is 0 Å². The molecule has 1 unspecified atom stereocenters. The fourth-order valence-corrected chi connectivity index (χ4v) is 4.35. The Kier molecular flexibility index (Phi) is 5.29. The summed E-state index contributed by atoms with van der Waals surface area (Å²) in [5, 5.41) is 4.43. The Morgan fingerprint density at radius 1 is 1.33 bits per heavy atom. The smallest absolute Gasteiger partial charge is 0.122 e. The summed E-state index contributed by atoms with van der Waals surface area (Å²) in [7, 11) is 3.44. The summed E-state index contributed by atoms with van der Waals surface area (Å²) in [6, 6.07) is 6.18. The standard InChI is InChI=1S/C21H25N3O2S/c1-14(25-2)21-23-16(13-27-21)12-24-8-6-15(7-9-24)19-11-22-20-5-4-17(26-3)10-18(19)20/h4-6,10-11,13-14,22H,7-9,12H2,1-3H3. The van der Waals surface area contributed by atoms with Crippen LogP contribution < -0.4 is 4.74 Å². The molecule has 0 radical (unpaired) electrons. The minimum Gasteiger partial charge on any atom is -0.497 e. The van der Waals surface area contributed by atoms with Crippen LogP contribution in [-0.4, -0.2) is 42.2 Å². The number of nitrogens with zero attached hydrogens (tertiary/aromatic N) is 2. The monoisotopic (exact) mass is 383 g/mol. The Bertz CT molecular complexity index is 959. The number of hydrogen-bond acceptors (Lipinski definition) is 5. The minimum atomic E-state index is 0.0652. The minimum absolute atomic E-state index is 0.0652. The van der Waals surface area contributed by atoms with Gasteiger partial charge < -0.3 is 14.5 Å². The number of thiazole rings is 1. The molecular formula is C21H25N3O2S. The van der Waals surface area contributed by atoms with Crippen LogP contribution in [0.25, 0.3) is 16.5 Å². The second-order valence-corrected chi connectivity index (χ2v) is 7.77. The van der Waals surface area contributed by atoms with Crippen LogP contribution in [0.1, 0.15) is 35.7 Å². The van der Waals surface area contributed by atoms with Gasteiger partial charge in [0.05, 0.1) is 12.8 Å². The second kappa shape index (κ2) is 7.84. The van der Waals surface area contributed by atoms with Gasteiger partial charge in [-0.25, -0.2) is 4.98 Å². The highest BCUT2D eigenvalue weighted by Gasteiger charge is 2.18. The molecule has 27 heavy (non-hydrogen) atoms. The van der Waals surface area contributed by atoms with E-state index in [0.29, 0.717) is 0 Å². The van der Waals surface area contributed by atoms with Gasteiger partial charge in [0.1, 0.15) is 16.9 Å². The summed E-state index contributed by atoms with van der Waals surface area (Å²) in [5.41, 5.74) is 4.97. The zero-order chi connectivity index (χ0) is 18.8. The maximum Gasteiger partial charge on any atom is 0.122 e. The van der Waals surface area contributed by atoms with E-state index in [1.165, 1.54) is 16.5 Å². The largest absolute Gasteiger partial charge is 0.497 e. The first kappa shape index (κ1) is 18.2. The number of hydrogen-bond donors (Lipinski definition) is 1. The van der Waals surface area contributed by atoms with Crippen molar-refractivity contribution >= 4 is 27.8 Å². The summed E-state index contributed by atoms with van der Waals surface area (Å²) in [4.78, 5) is 10.5. The van der Waals surface area contributed by atoms with Gasteiger partial charge in [-0.1, -0.05) is 6.08 Å². The highest BCUT2D eigenvalue weighted by molar-refractivity contribution is 7.09. The number of methoxy groups -OCH3 is 2. The predicted octanol–water partition coefficient (Wildman–Crippen LogP) is 4.63. The molecule has 142 valence electrons. The first-order valence-corrected chi connectivity index (χ1v) is 10.1. The van der Waals surface area contributed by atoms with Crippen molar-refractivity contribution in [1.82, 2.24) is 14.9 Å². The topological polar surface area (TPSA) is 50.4 Å². The van der Waals surface area contributed by atoms with Gasteiger partial charge in [0, 0.05) is 54.8 Å². The third-order valence-electron chi connectivity index (χ3n) is 5.18. The summed E-state index contributed by atoms with van der Waals surface area (Å²) < 4.78 is 10.7. The van der Waals surface area contributed by atoms with E-state index in [1.54, 1.807) is 25.6 Å². The number of aromatic nitrogens is 2. The van der Waals surface area contributed by atoms with Crippen LogP contribution in [0.5, 0.6) is 5.75 Å². The van der Waals surface area contributed by atoms with Crippen LogP contribution in [-0.2, 0) is 11.3 Å². The molecule has 0 saturated carbocycles. The van der Waals surface area contributed by atoms with Crippen molar-refractivity contribution in [3.8, 4) is 5.75 Å². The summed E-state index contributed by atoms with van der Waals surface area (Å²) in [6.45, 7) is 4.90. The second-order valence-electron chi connectivity index (χ2n) is 6.88. The zero-order valence-corrected chi connectivity index (χ0v) is 16.8. The fourth-order valence-electron chi connectivity index (χ4n) is 3.50. The average Bonchev–Trinajstić information content (AvgIpc) is 3.34. The lowest BCUT2D eigenvalue weighted by molar-refractivity contribution is 0.119. The number of fused-ring (bicyclic) bond motifs is 1. The first-order valence-electron chi connectivity index (χ1n) is 9.22. The zero-order valence-electron chi connectivity index (χ0n) is 16.0. The number of aromatic amines is 1. The summed E-state index contributed by atoms with van der Waals surface area (Å²) >= 11 is 1.68. The molecular weight excluding hydrogens is 358 g/mol. The quantitative estimate of drug-likeness (QED) is 0.674. The number of ether oxygens (including phenoxy) is 2. The van der Waals surface area contributed by atoms with Crippen LogP contribution in [0.15, 0.2) is 35.9 Å². The lowest BCUT2D eigenvalue weighted by atomic mass is 9.99. The van der Waals surface area contributed by atoms with E-state index in [9.17, 15) is 0 Å². The van der Waals surface area contributed by atoms with E-state index in [1.807, 2.05) is 13.0 Å². The highest BCUT2D eigenvalue weighted by Crippen LogP contribution is 2.32. The molecule has 1 aliphatic heterocycles. The molecule has 0 spiro atoms. The Morgan fingerprint density at radius 2 is 2.22 bits per heavy atom. The van der Waals surface area contributed by atoms with Gasteiger partial charge in [0.25, 0.3) is 0 Å². The van der Waals surface area contributed by atoms with E-state index in [0.717, 1.165) is 48.0 Å². The molecule has 0 fully saturated rings. The molecule has 2 aromatic heterocycles. The number of H-pyrrole nitrogens is 1. The molecule has 0 amide bonds. The van der Waals surface area contributed by atoms with Crippen molar-refractivity contribution in [2.75, 3.05) is 27.3 Å². The van der Waals surface area contributed by atoms with Crippen molar-refractivity contribution in [3.05, 3.63) is 52.1 Å². The van der Waals surface area contributed by atoms with E-state index in [4.69, 9.17) is 14.5 Å². The molecule has 3 heterocycles. The van der Waals surface area contributed by atoms with Crippen LogP contribution in [0.3, 0.4) is 0 Å². The molecule has 5 nitrogen and oxygen atoms in total. The lowest BCUT2D eigenvalue weighted by Gasteiger charge is -2.25. The van der Waals surface area contributed by atoms with Crippen molar-refractivity contribution in [2.45, 2.75) is 26.0 Å². The Labute approximate surface area is 163 Å². The first-order chi connectivity index (χ1) is 13.2. The molecule has 0 aliphatic carbocycles. The predicted molar refractivity (Wildman–Crippen MR) is 110 cm³/mol. The Balaban J connectivity index is 1.46. The maximum atomic E-state index is 5.39. The summed E-state index contributed by atoms with van der Waals surface area (Å²) in [5.74, 6) is 0.894. The average molecular weight is 384 g/mol.